The summed E-state index contributed by atoms with van der Waals surface area (Å²) in [5, 5.41) is 6.19. The van der Waals surface area contributed by atoms with Crippen LogP contribution >= 0.6 is 11.6 Å². The quantitative estimate of drug-likeness (QED) is 0.531. The van der Waals surface area contributed by atoms with Gasteiger partial charge < -0.3 is 20.1 Å². The van der Waals surface area contributed by atoms with Crippen molar-refractivity contribution in [3.8, 4) is 18.1 Å². The Balaban J connectivity index is 2.58. The zero-order valence-electron chi connectivity index (χ0n) is 11.9. The van der Waals surface area contributed by atoms with Gasteiger partial charge in [0.1, 0.15) is 5.75 Å². The van der Waals surface area contributed by atoms with Crippen LogP contribution < -0.4 is 15.4 Å². The number of terminal acetylenes is 1. The molecule has 0 spiro atoms. The summed E-state index contributed by atoms with van der Waals surface area (Å²) >= 11 is 6.12. The third-order valence-electron chi connectivity index (χ3n) is 2.58. The standard InChI is InChI=1S/C15H19ClN2O3/c1-3-7-18-14(19)11-21-15-12(5-4-6-13(15)16)10-17-8-9-20-2/h1,4-6,17H,7-11H2,2H3,(H,18,19). The molecule has 0 aliphatic heterocycles. The summed E-state index contributed by atoms with van der Waals surface area (Å²) in [6.45, 7) is 1.95. The number of carbonyl (C=O) groups excluding carboxylic acids is 1. The van der Waals surface area contributed by atoms with Gasteiger partial charge in [0, 0.05) is 25.8 Å². The molecule has 1 aromatic rings. The van der Waals surface area contributed by atoms with Crippen molar-refractivity contribution < 1.29 is 14.3 Å². The molecule has 0 saturated heterocycles. The summed E-state index contributed by atoms with van der Waals surface area (Å²) in [7, 11) is 1.64. The first-order chi connectivity index (χ1) is 10.2. The zero-order valence-corrected chi connectivity index (χ0v) is 12.7. The van der Waals surface area contributed by atoms with Crippen molar-refractivity contribution in [3.05, 3.63) is 28.8 Å². The van der Waals surface area contributed by atoms with Crippen LogP contribution in [0.15, 0.2) is 18.2 Å². The summed E-state index contributed by atoms with van der Waals surface area (Å²) in [4.78, 5) is 11.5. The lowest BCUT2D eigenvalue weighted by Crippen LogP contribution is -2.29. The first-order valence-electron chi connectivity index (χ1n) is 6.49. The summed E-state index contributed by atoms with van der Waals surface area (Å²) in [5.74, 6) is 2.54. The van der Waals surface area contributed by atoms with E-state index in [-0.39, 0.29) is 19.1 Å². The Hall–Kier alpha value is -1.74. The van der Waals surface area contributed by atoms with Gasteiger partial charge in [0.05, 0.1) is 18.2 Å². The summed E-state index contributed by atoms with van der Waals surface area (Å²) in [6.07, 6.45) is 5.07. The van der Waals surface area contributed by atoms with Gasteiger partial charge in [0.2, 0.25) is 0 Å². The third kappa shape index (κ3) is 6.50. The molecule has 2 N–H and O–H groups in total. The Labute approximate surface area is 130 Å². The summed E-state index contributed by atoms with van der Waals surface area (Å²) in [5.41, 5.74) is 0.878. The molecule has 5 nitrogen and oxygen atoms in total. The second-order valence-electron chi connectivity index (χ2n) is 4.17. The Morgan fingerprint density at radius 3 is 3.00 bits per heavy atom. The van der Waals surface area contributed by atoms with Gasteiger partial charge >= 0.3 is 0 Å². The molecular formula is C15H19ClN2O3. The molecule has 1 rings (SSSR count). The molecule has 114 valence electrons. The molecule has 6 heteroatoms. The fourth-order valence-corrected chi connectivity index (χ4v) is 1.84. The average Bonchev–Trinajstić information content (AvgIpc) is 2.48. The largest absolute Gasteiger partial charge is 0.482 e. The number of nitrogens with one attached hydrogen (secondary N) is 2. The number of hydrogen-bond donors (Lipinski definition) is 2. The Morgan fingerprint density at radius 1 is 1.48 bits per heavy atom. The summed E-state index contributed by atoms with van der Waals surface area (Å²) < 4.78 is 10.5. The minimum absolute atomic E-state index is 0.128. The van der Waals surface area contributed by atoms with Crippen LogP contribution in [0, 0.1) is 12.3 Å². The zero-order chi connectivity index (χ0) is 15.5. The second kappa shape index (κ2) is 10.1. The number of amides is 1. The van der Waals surface area contributed by atoms with Gasteiger partial charge in [-0.2, -0.15) is 0 Å². The number of benzene rings is 1. The number of methoxy groups -OCH3 is 1. The predicted octanol–water partition coefficient (Wildman–Crippen LogP) is 1.20. The normalized spacial score (nSPS) is 9.95. The number of hydrogen-bond acceptors (Lipinski definition) is 4. The number of carbonyl (C=O) groups is 1. The Kier molecular flexibility index (Phi) is 8.29. The van der Waals surface area contributed by atoms with E-state index in [1.807, 2.05) is 12.1 Å². The SMILES string of the molecule is C#CCNC(=O)COc1c(Cl)cccc1CNCCOC. The first-order valence-corrected chi connectivity index (χ1v) is 6.86. The first kappa shape index (κ1) is 17.3. The van der Waals surface area contributed by atoms with E-state index in [0.717, 1.165) is 5.56 Å². The van der Waals surface area contributed by atoms with Gasteiger partial charge in [-0.1, -0.05) is 29.7 Å². The highest BCUT2D eigenvalue weighted by molar-refractivity contribution is 6.32. The highest BCUT2D eigenvalue weighted by Gasteiger charge is 2.10. The van der Waals surface area contributed by atoms with Crippen molar-refractivity contribution in [3.63, 3.8) is 0 Å². The lowest BCUT2D eigenvalue weighted by molar-refractivity contribution is -0.122. The molecule has 1 amide bonds. The molecule has 0 fully saturated rings. The molecular weight excluding hydrogens is 292 g/mol. The molecule has 0 aliphatic rings. The molecule has 0 atom stereocenters. The molecule has 21 heavy (non-hydrogen) atoms. The molecule has 0 unspecified atom stereocenters. The van der Waals surface area contributed by atoms with Crippen LogP contribution in [0.2, 0.25) is 5.02 Å². The predicted molar refractivity (Wildman–Crippen MR) is 82.4 cm³/mol. The fourth-order valence-electron chi connectivity index (χ4n) is 1.59. The smallest absolute Gasteiger partial charge is 0.258 e. The maximum Gasteiger partial charge on any atom is 0.258 e. The van der Waals surface area contributed by atoms with Crippen molar-refractivity contribution in [2.75, 3.05) is 33.4 Å². The van der Waals surface area contributed by atoms with Gasteiger partial charge in [-0.3, -0.25) is 4.79 Å². The van der Waals surface area contributed by atoms with Gasteiger partial charge in [-0.15, -0.1) is 6.42 Å². The minimum Gasteiger partial charge on any atom is -0.482 e. The van der Waals surface area contributed by atoms with E-state index in [0.29, 0.717) is 30.5 Å². The van der Waals surface area contributed by atoms with Crippen LogP contribution in [0.4, 0.5) is 0 Å². The van der Waals surface area contributed by atoms with Crippen molar-refractivity contribution in [1.29, 1.82) is 0 Å². The average molecular weight is 311 g/mol. The monoisotopic (exact) mass is 310 g/mol. The Bertz CT molecular complexity index is 500. The maximum absolute atomic E-state index is 11.5. The molecule has 0 aromatic heterocycles. The topological polar surface area (TPSA) is 59.6 Å². The lowest BCUT2D eigenvalue weighted by atomic mass is 10.2. The molecule has 1 aromatic carbocycles. The van der Waals surface area contributed by atoms with E-state index in [1.54, 1.807) is 13.2 Å². The lowest BCUT2D eigenvalue weighted by Gasteiger charge is -2.13. The number of halogens is 1. The van der Waals surface area contributed by atoms with Crippen molar-refractivity contribution in [1.82, 2.24) is 10.6 Å². The maximum atomic E-state index is 11.5. The number of para-hydroxylation sites is 1. The van der Waals surface area contributed by atoms with E-state index in [2.05, 4.69) is 16.6 Å². The molecule has 0 heterocycles. The van der Waals surface area contributed by atoms with E-state index >= 15 is 0 Å². The van der Waals surface area contributed by atoms with E-state index in [1.165, 1.54) is 0 Å². The minimum atomic E-state index is -0.286. The van der Waals surface area contributed by atoms with Crippen molar-refractivity contribution >= 4 is 17.5 Å². The van der Waals surface area contributed by atoms with E-state index in [4.69, 9.17) is 27.5 Å². The van der Waals surface area contributed by atoms with Crippen LogP contribution in [0.25, 0.3) is 0 Å². The van der Waals surface area contributed by atoms with Gasteiger partial charge in [0.15, 0.2) is 6.61 Å². The number of rotatable bonds is 9. The third-order valence-corrected chi connectivity index (χ3v) is 2.88. The van der Waals surface area contributed by atoms with Crippen LogP contribution in [-0.4, -0.2) is 39.3 Å². The van der Waals surface area contributed by atoms with Crippen LogP contribution in [0.1, 0.15) is 5.56 Å². The van der Waals surface area contributed by atoms with Gasteiger partial charge in [-0.05, 0) is 6.07 Å². The number of ether oxygens (including phenoxy) is 2. The van der Waals surface area contributed by atoms with Crippen LogP contribution in [-0.2, 0) is 16.1 Å². The highest BCUT2D eigenvalue weighted by atomic mass is 35.5. The van der Waals surface area contributed by atoms with Crippen molar-refractivity contribution in [2.45, 2.75) is 6.54 Å². The molecule has 0 radical (unpaired) electrons. The van der Waals surface area contributed by atoms with Crippen LogP contribution in [0.5, 0.6) is 5.75 Å². The summed E-state index contributed by atoms with van der Waals surface area (Å²) in [6, 6.07) is 5.44. The van der Waals surface area contributed by atoms with Crippen LogP contribution in [0.3, 0.4) is 0 Å². The van der Waals surface area contributed by atoms with Gasteiger partial charge in [-0.25, -0.2) is 0 Å². The van der Waals surface area contributed by atoms with Crippen molar-refractivity contribution in [2.24, 2.45) is 0 Å². The van der Waals surface area contributed by atoms with E-state index < -0.39 is 0 Å². The molecule has 0 aliphatic carbocycles. The van der Waals surface area contributed by atoms with Gasteiger partial charge in [0.25, 0.3) is 5.91 Å². The molecule has 0 saturated carbocycles. The fraction of sp³-hybridized carbons (Fsp3) is 0.400. The highest BCUT2D eigenvalue weighted by Crippen LogP contribution is 2.28. The van der Waals surface area contributed by atoms with E-state index in [9.17, 15) is 4.79 Å². The molecule has 0 bridgehead atoms. The second-order valence-corrected chi connectivity index (χ2v) is 4.57. The Morgan fingerprint density at radius 2 is 2.29 bits per heavy atom.